The summed E-state index contributed by atoms with van der Waals surface area (Å²) in [4.78, 5) is 37.2. The van der Waals surface area contributed by atoms with Gasteiger partial charge in [-0.15, -0.1) is 5.10 Å². The van der Waals surface area contributed by atoms with E-state index in [4.69, 9.17) is 5.73 Å². The normalized spacial score (nSPS) is 14.5. The topological polar surface area (TPSA) is 132 Å². The van der Waals surface area contributed by atoms with Crippen molar-refractivity contribution >= 4 is 28.1 Å². The summed E-state index contributed by atoms with van der Waals surface area (Å²) in [7, 11) is 4.11. The molecule has 1 atom stereocenters. The van der Waals surface area contributed by atoms with Crippen molar-refractivity contribution in [2.45, 2.75) is 19.4 Å². The molecule has 0 aliphatic carbocycles. The van der Waals surface area contributed by atoms with Gasteiger partial charge in [0.25, 0.3) is 11.5 Å². The average Bonchev–Trinajstić information content (AvgIpc) is 3.64. The van der Waals surface area contributed by atoms with E-state index in [0.29, 0.717) is 28.0 Å². The van der Waals surface area contributed by atoms with E-state index < -0.39 is 11.9 Å². The number of piperazine rings is 1. The van der Waals surface area contributed by atoms with Crippen LogP contribution in [0.25, 0.3) is 22.1 Å². The number of nitrogens with two attached hydrogens (primary N) is 1. The SMILES string of the molecule is CC(NC(=O)c1c(N)nn2cccnc12)c1cc2cccc(C#Cc3cnn(C)c3CCN3CCN(C)CC3)c2c(=O)n1-c1ccccc1. The Morgan fingerprint density at radius 1 is 1.00 bits per heavy atom. The van der Waals surface area contributed by atoms with Gasteiger partial charge in [-0.1, -0.05) is 42.2 Å². The Hall–Kier alpha value is -5.77. The van der Waals surface area contributed by atoms with Gasteiger partial charge >= 0.3 is 0 Å². The second-order valence-corrected chi connectivity index (χ2v) is 12.4. The third-order valence-electron chi connectivity index (χ3n) is 9.18. The first-order chi connectivity index (χ1) is 23.8. The molecule has 6 aromatic rings. The summed E-state index contributed by atoms with van der Waals surface area (Å²) >= 11 is 0. The van der Waals surface area contributed by atoms with Crippen LogP contribution in [-0.4, -0.2) is 84.4 Å². The molecule has 0 bridgehead atoms. The first-order valence-corrected chi connectivity index (χ1v) is 16.4. The average molecular weight is 655 g/mol. The number of carbonyl (C=O) groups excluding carboxylic acids is 1. The maximum atomic E-state index is 14.5. The zero-order chi connectivity index (χ0) is 34.1. The minimum atomic E-state index is -0.587. The summed E-state index contributed by atoms with van der Waals surface area (Å²) in [5, 5.41) is 13.0. The van der Waals surface area contributed by atoms with Gasteiger partial charge < -0.3 is 20.9 Å². The van der Waals surface area contributed by atoms with Gasteiger partial charge in [0, 0.05) is 75.5 Å². The molecule has 1 aliphatic rings. The number of nitrogens with one attached hydrogen (secondary N) is 1. The summed E-state index contributed by atoms with van der Waals surface area (Å²) in [6.07, 6.45) is 5.90. The number of hydrogen-bond acceptors (Lipinski definition) is 8. The van der Waals surface area contributed by atoms with E-state index in [2.05, 4.69) is 49.2 Å². The number of anilines is 1. The fourth-order valence-corrected chi connectivity index (χ4v) is 6.45. The predicted molar refractivity (Wildman–Crippen MR) is 190 cm³/mol. The van der Waals surface area contributed by atoms with Crippen molar-refractivity contribution < 1.29 is 4.79 Å². The fourth-order valence-electron chi connectivity index (χ4n) is 6.45. The van der Waals surface area contributed by atoms with E-state index in [1.165, 1.54) is 4.52 Å². The minimum Gasteiger partial charge on any atom is -0.381 e. The number of likely N-dealkylation sites (N-methyl/N-ethyl adjacent to an activating group) is 1. The van der Waals surface area contributed by atoms with Gasteiger partial charge in [-0.3, -0.25) is 18.8 Å². The van der Waals surface area contributed by atoms with E-state index in [-0.39, 0.29) is 16.9 Å². The number of carbonyl (C=O) groups is 1. The first kappa shape index (κ1) is 31.8. The summed E-state index contributed by atoms with van der Waals surface area (Å²) < 4.78 is 5.00. The van der Waals surface area contributed by atoms with Gasteiger partial charge in [-0.2, -0.15) is 5.10 Å². The molecule has 248 valence electrons. The smallest absolute Gasteiger partial charge is 0.264 e. The molecule has 49 heavy (non-hydrogen) atoms. The van der Waals surface area contributed by atoms with E-state index in [0.717, 1.165) is 55.8 Å². The van der Waals surface area contributed by atoms with Crippen LogP contribution in [0.5, 0.6) is 0 Å². The van der Waals surface area contributed by atoms with Gasteiger partial charge in [-0.05, 0) is 49.7 Å². The monoisotopic (exact) mass is 654 g/mol. The number of amides is 1. The van der Waals surface area contributed by atoms with Crippen LogP contribution in [-0.2, 0) is 13.5 Å². The number of benzene rings is 2. The molecule has 1 aliphatic heterocycles. The molecule has 5 heterocycles. The Labute approximate surface area is 283 Å². The highest BCUT2D eigenvalue weighted by Gasteiger charge is 2.24. The second kappa shape index (κ2) is 13.4. The van der Waals surface area contributed by atoms with Gasteiger partial charge in [0.2, 0.25) is 0 Å². The Morgan fingerprint density at radius 3 is 2.57 bits per heavy atom. The van der Waals surface area contributed by atoms with Crippen molar-refractivity contribution in [1.29, 1.82) is 0 Å². The molecule has 0 spiro atoms. The van der Waals surface area contributed by atoms with Crippen molar-refractivity contribution in [3.8, 4) is 17.5 Å². The van der Waals surface area contributed by atoms with Crippen molar-refractivity contribution in [2.24, 2.45) is 7.05 Å². The lowest BCUT2D eigenvalue weighted by molar-refractivity contribution is 0.0941. The number of hydrogen-bond donors (Lipinski definition) is 2. The highest BCUT2D eigenvalue weighted by molar-refractivity contribution is 6.04. The number of aromatic nitrogens is 6. The molecule has 1 fully saturated rings. The summed E-state index contributed by atoms with van der Waals surface area (Å²) in [5.41, 5.74) is 10.2. The summed E-state index contributed by atoms with van der Waals surface area (Å²) in [5.74, 6) is 6.27. The number of nitrogen functional groups attached to an aromatic ring is 1. The molecule has 0 radical (unpaired) electrons. The molecule has 4 aromatic heterocycles. The number of para-hydroxylation sites is 1. The highest BCUT2D eigenvalue weighted by Crippen LogP contribution is 2.25. The number of pyridine rings is 1. The molecule has 3 N–H and O–H groups in total. The van der Waals surface area contributed by atoms with Crippen molar-refractivity contribution in [3.63, 3.8) is 0 Å². The van der Waals surface area contributed by atoms with E-state index in [1.807, 2.05) is 73.3 Å². The lowest BCUT2D eigenvalue weighted by atomic mass is 10.0. The molecule has 1 amide bonds. The minimum absolute atomic E-state index is 0.0710. The van der Waals surface area contributed by atoms with Gasteiger partial charge in [-0.25, -0.2) is 9.50 Å². The Bertz CT molecular complexity index is 2290. The van der Waals surface area contributed by atoms with Crippen LogP contribution in [0.4, 0.5) is 5.82 Å². The quantitative estimate of drug-likeness (QED) is 0.251. The van der Waals surface area contributed by atoms with E-state index >= 15 is 0 Å². The first-order valence-electron chi connectivity index (χ1n) is 16.4. The van der Waals surface area contributed by atoms with Crippen LogP contribution in [0, 0.1) is 11.8 Å². The van der Waals surface area contributed by atoms with Crippen molar-refractivity contribution in [1.82, 2.24) is 44.1 Å². The largest absolute Gasteiger partial charge is 0.381 e. The maximum Gasteiger partial charge on any atom is 0.264 e. The summed E-state index contributed by atoms with van der Waals surface area (Å²) in [6.45, 7) is 7.02. The Kier molecular flexibility index (Phi) is 8.69. The zero-order valence-corrected chi connectivity index (χ0v) is 27.8. The predicted octanol–water partition coefficient (Wildman–Crippen LogP) is 3.03. The maximum absolute atomic E-state index is 14.5. The third-order valence-corrected chi connectivity index (χ3v) is 9.18. The van der Waals surface area contributed by atoms with Crippen LogP contribution in [0.15, 0.2) is 84.0 Å². The summed E-state index contributed by atoms with van der Waals surface area (Å²) in [6, 6.07) is 18.1. The lowest BCUT2D eigenvalue weighted by Gasteiger charge is -2.32. The number of fused-ring (bicyclic) bond motifs is 2. The van der Waals surface area contributed by atoms with Gasteiger partial charge in [0.15, 0.2) is 11.5 Å². The van der Waals surface area contributed by atoms with Crippen LogP contribution < -0.4 is 16.6 Å². The van der Waals surface area contributed by atoms with Gasteiger partial charge in [0.05, 0.1) is 28.9 Å². The Balaban J connectivity index is 1.25. The molecule has 12 heteroatoms. The highest BCUT2D eigenvalue weighted by atomic mass is 16.2. The Morgan fingerprint density at radius 2 is 1.78 bits per heavy atom. The number of rotatable bonds is 7. The molecule has 1 unspecified atom stereocenters. The standard InChI is InChI=1S/C37H38N10O2/c1-25(41-36(48)33-34(38)42-46-17-8-16-39-35(33)46)31-23-27-10-7-9-26(32(27)37(49)47(31)29-11-5-4-6-12-29)13-14-28-24-40-44(3)30(28)15-18-45-21-19-43(2)20-22-45/h4-12,16-17,23-25H,15,18-22H2,1-3H3,(H2,38,42)(H,41,48). The molecular formula is C37H38N10O2. The molecule has 1 saturated heterocycles. The van der Waals surface area contributed by atoms with Crippen LogP contribution in [0.3, 0.4) is 0 Å². The molecule has 2 aromatic carbocycles. The van der Waals surface area contributed by atoms with E-state index in [9.17, 15) is 9.59 Å². The number of aryl methyl sites for hydroxylation is 1. The lowest BCUT2D eigenvalue weighted by Crippen LogP contribution is -2.45. The zero-order valence-electron chi connectivity index (χ0n) is 27.8. The van der Waals surface area contributed by atoms with Crippen LogP contribution in [0.2, 0.25) is 0 Å². The van der Waals surface area contributed by atoms with Crippen LogP contribution >= 0.6 is 0 Å². The molecule has 0 saturated carbocycles. The van der Waals surface area contributed by atoms with Gasteiger partial charge in [0.1, 0.15) is 5.56 Å². The number of nitrogens with zero attached hydrogens (tertiary/aromatic N) is 8. The second-order valence-electron chi connectivity index (χ2n) is 12.4. The van der Waals surface area contributed by atoms with Crippen molar-refractivity contribution in [3.05, 3.63) is 118 Å². The molecular weight excluding hydrogens is 616 g/mol. The van der Waals surface area contributed by atoms with Crippen LogP contribution in [0.1, 0.15) is 45.8 Å². The van der Waals surface area contributed by atoms with E-state index in [1.54, 1.807) is 29.2 Å². The molecule has 7 rings (SSSR count). The third kappa shape index (κ3) is 6.29. The molecule has 12 nitrogen and oxygen atoms in total. The fraction of sp³-hybridized carbons (Fsp3) is 0.270. The van der Waals surface area contributed by atoms with Crippen molar-refractivity contribution in [2.75, 3.05) is 45.5 Å².